The number of thiazole rings is 1. The second-order valence-electron chi connectivity index (χ2n) is 7.84. The number of hydrogen-bond donors (Lipinski definition) is 3. The number of anilines is 1. The quantitative estimate of drug-likeness (QED) is 0.209. The molecule has 36 heavy (non-hydrogen) atoms. The van der Waals surface area contributed by atoms with Gasteiger partial charge < -0.3 is 10.4 Å². The first-order chi connectivity index (χ1) is 17.4. The summed E-state index contributed by atoms with van der Waals surface area (Å²) in [6.07, 6.45) is 0. The van der Waals surface area contributed by atoms with E-state index in [-0.39, 0.29) is 17.0 Å². The minimum atomic E-state index is -0.940. The van der Waals surface area contributed by atoms with E-state index in [0.29, 0.717) is 31.8 Å². The largest absolute Gasteiger partial charge is 0.480 e. The van der Waals surface area contributed by atoms with E-state index in [9.17, 15) is 24.8 Å². The Morgan fingerprint density at radius 1 is 1.14 bits per heavy atom. The molecule has 0 radical (unpaired) electrons. The Morgan fingerprint density at radius 2 is 1.94 bits per heavy atom. The number of nitro benzene ring substituents is 1. The zero-order valence-electron chi connectivity index (χ0n) is 18.4. The summed E-state index contributed by atoms with van der Waals surface area (Å²) < 4.78 is 1.47. The van der Waals surface area contributed by atoms with Crippen LogP contribution in [-0.4, -0.2) is 38.7 Å². The number of amides is 1. The van der Waals surface area contributed by atoms with Crippen LogP contribution in [0.4, 0.5) is 11.4 Å². The number of hydrogen-bond acceptors (Lipinski definition) is 9. The lowest BCUT2D eigenvalue weighted by molar-refractivity contribution is -0.387. The molecule has 2 atom stereocenters. The van der Waals surface area contributed by atoms with E-state index in [1.54, 1.807) is 48.5 Å². The van der Waals surface area contributed by atoms with Crippen molar-refractivity contribution in [1.29, 1.82) is 0 Å². The second-order valence-corrected chi connectivity index (χ2v) is 11.3. The Morgan fingerprint density at radius 3 is 2.67 bits per heavy atom. The predicted octanol–water partition coefficient (Wildman–Crippen LogP) is 5.40. The van der Waals surface area contributed by atoms with Gasteiger partial charge in [-0.2, -0.15) is 0 Å². The van der Waals surface area contributed by atoms with E-state index < -0.39 is 16.9 Å². The highest BCUT2D eigenvalue weighted by Crippen LogP contribution is 2.42. The summed E-state index contributed by atoms with van der Waals surface area (Å²) in [5, 5.41) is 26.5. The Labute approximate surface area is 217 Å². The summed E-state index contributed by atoms with van der Waals surface area (Å²) in [5.74, 6) is -0.760. The molecule has 9 nitrogen and oxygen atoms in total. The summed E-state index contributed by atoms with van der Waals surface area (Å²) in [6, 6.07) is 18.6. The van der Waals surface area contributed by atoms with Gasteiger partial charge in [-0.25, -0.2) is 4.98 Å². The van der Waals surface area contributed by atoms with E-state index in [4.69, 9.17) is 0 Å². The number of benzene rings is 3. The molecule has 0 spiro atoms. The first kappa shape index (κ1) is 24.3. The minimum absolute atomic E-state index is 0.0613. The van der Waals surface area contributed by atoms with Crippen LogP contribution in [0.5, 0.6) is 0 Å². The molecular formula is C24H18N4O5S3. The van der Waals surface area contributed by atoms with Crippen molar-refractivity contribution in [2.45, 2.75) is 20.7 Å². The Kier molecular flexibility index (Phi) is 6.92. The van der Waals surface area contributed by atoms with Gasteiger partial charge in [0.05, 0.1) is 25.4 Å². The number of fused-ring (bicyclic) bond motifs is 1. The van der Waals surface area contributed by atoms with Crippen molar-refractivity contribution in [2.24, 2.45) is 0 Å². The molecule has 0 saturated carbocycles. The van der Waals surface area contributed by atoms with Crippen molar-refractivity contribution in [3.8, 4) is 0 Å². The Hall–Kier alpha value is -3.45. The maximum absolute atomic E-state index is 12.4. The van der Waals surface area contributed by atoms with Gasteiger partial charge in [-0.3, -0.25) is 25.0 Å². The fraction of sp³-hybridized carbons (Fsp3) is 0.125. The third-order valence-electron chi connectivity index (χ3n) is 5.42. The lowest BCUT2D eigenvalue weighted by Gasteiger charge is -2.12. The Bertz CT molecular complexity index is 1480. The third kappa shape index (κ3) is 5.21. The first-order valence-electron chi connectivity index (χ1n) is 10.7. The van der Waals surface area contributed by atoms with Crippen LogP contribution in [0.1, 0.15) is 21.3 Å². The number of nitrogens with one attached hydrogen (secondary N) is 2. The van der Waals surface area contributed by atoms with Crippen molar-refractivity contribution in [1.82, 2.24) is 10.3 Å². The van der Waals surface area contributed by atoms with E-state index in [1.165, 1.54) is 40.9 Å². The summed E-state index contributed by atoms with van der Waals surface area (Å²) >= 11 is 3.99. The van der Waals surface area contributed by atoms with Crippen molar-refractivity contribution in [2.75, 3.05) is 11.1 Å². The lowest BCUT2D eigenvalue weighted by atomic mass is 10.2. The maximum Gasteiger partial charge on any atom is 0.321 e. The lowest BCUT2D eigenvalue weighted by Crippen LogP contribution is -2.33. The molecule has 12 heteroatoms. The van der Waals surface area contributed by atoms with Gasteiger partial charge in [-0.1, -0.05) is 36.0 Å². The standard InChI is InChI=1S/C24H18N4O5S3/c29-21(13-4-2-1-3-5-13)25-15-7-8-16-20(11-15)36-24(27-16)35-19-9-6-14(10-18(19)28(32)33)22-26-17(12-34-22)23(30)31/h1-11,17,22,26H,12H2,(H,25,29)(H,30,31)/t17-,22-/m0/s1. The zero-order valence-corrected chi connectivity index (χ0v) is 20.9. The van der Waals surface area contributed by atoms with E-state index in [1.807, 2.05) is 12.1 Å². The summed E-state index contributed by atoms with van der Waals surface area (Å²) in [4.78, 5) is 40.0. The molecule has 1 amide bonds. The van der Waals surface area contributed by atoms with Crippen LogP contribution >= 0.6 is 34.9 Å². The molecule has 5 rings (SSSR count). The molecule has 1 fully saturated rings. The third-order valence-corrected chi connectivity index (χ3v) is 8.83. The van der Waals surface area contributed by atoms with Crippen LogP contribution in [0.25, 0.3) is 10.2 Å². The molecule has 1 saturated heterocycles. The molecule has 0 bridgehead atoms. The van der Waals surface area contributed by atoms with Gasteiger partial charge in [0.1, 0.15) is 6.04 Å². The summed E-state index contributed by atoms with van der Waals surface area (Å²) in [6.45, 7) is 0. The smallest absolute Gasteiger partial charge is 0.321 e. The molecule has 2 heterocycles. The number of nitrogens with zero attached hydrogens (tertiary/aromatic N) is 2. The van der Waals surface area contributed by atoms with E-state index in [0.717, 1.165) is 10.2 Å². The van der Waals surface area contributed by atoms with Gasteiger partial charge in [0, 0.05) is 23.1 Å². The topological polar surface area (TPSA) is 134 Å². The summed E-state index contributed by atoms with van der Waals surface area (Å²) in [5.41, 5.74) is 2.51. The molecule has 1 aliphatic rings. The normalized spacial score (nSPS) is 17.2. The number of rotatable bonds is 7. The van der Waals surface area contributed by atoms with E-state index in [2.05, 4.69) is 15.6 Å². The fourth-order valence-electron chi connectivity index (χ4n) is 3.64. The van der Waals surface area contributed by atoms with Crippen LogP contribution in [0, 0.1) is 10.1 Å². The Balaban J connectivity index is 1.35. The number of carbonyl (C=O) groups is 2. The number of carboxylic acid groups (broad SMARTS) is 1. The van der Waals surface area contributed by atoms with E-state index >= 15 is 0 Å². The average molecular weight is 539 g/mol. The van der Waals surface area contributed by atoms with Crippen LogP contribution in [0.2, 0.25) is 0 Å². The van der Waals surface area contributed by atoms with Crippen molar-refractivity contribution in [3.05, 3.63) is 88.0 Å². The monoisotopic (exact) mass is 538 g/mol. The zero-order chi connectivity index (χ0) is 25.2. The van der Waals surface area contributed by atoms with Gasteiger partial charge in [0.2, 0.25) is 0 Å². The number of aliphatic carboxylic acids is 1. The van der Waals surface area contributed by atoms with Crippen molar-refractivity contribution < 1.29 is 19.6 Å². The minimum Gasteiger partial charge on any atom is -0.480 e. The SMILES string of the molecule is O=C(Nc1ccc2nc(Sc3ccc([C@H]4N[C@H](C(=O)O)CS4)cc3[N+](=O)[O-])sc2c1)c1ccccc1. The highest BCUT2D eigenvalue weighted by Gasteiger charge is 2.31. The van der Waals surface area contributed by atoms with Gasteiger partial charge in [0.25, 0.3) is 11.6 Å². The van der Waals surface area contributed by atoms with Gasteiger partial charge >= 0.3 is 5.97 Å². The van der Waals surface area contributed by atoms with Gasteiger partial charge in [-0.05, 0) is 42.0 Å². The van der Waals surface area contributed by atoms with Crippen molar-refractivity contribution in [3.63, 3.8) is 0 Å². The number of carboxylic acids is 1. The molecule has 0 aliphatic carbocycles. The number of aromatic nitrogens is 1. The van der Waals surface area contributed by atoms with Gasteiger partial charge in [0.15, 0.2) is 4.34 Å². The van der Waals surface area contributed by atoms with Crippen LogP contribution in [0.3, 0.4) is 0 Å². The average Bonchev–Trinajstić information content (AvgIpc) is 3.52. The molecule has 3 aromatic carbocycles. The highest BCUT2D eigenvalue weighted by atomic mass is 32.2. The predicted molar refractivity (Wildman–Crippen MR) is 141 cm³/mol. The first-order valence-corrected chi connectivity index (χ1v) is 13.4. The van der Waals surface area contributed by atoms with Gasteiger partial charge in [-0.15, -0.1) is 23.1 Å². The summed E-state index contributed by atoms with van der Waals surface area (Å²) in [7, 11) is 0. The molecule has 1 aliphatic heterocycles. The number of thioether (sulfide) groups is 1. The molecule has 4 aromatic rings. The highest BCUT2D eigenvalue weighted by molar-refractivity contribution is 8.01. The molecule has 1 aromatic heterocycles. The molecule has 3 N–H and O–H groups in total. The van der Waals surface area contributed by atoms with Crippen LogP contribution in [-0.2, 0) is 4.79 Å². The van der Waals surface area contributed by atoms with Crippen molar-refractivity contribution >= 4 is 68.3 Å². The van der Waals surface area contributed by atoms with Crippen LogP contribution < -0.4 is 10.6 Å². The fourth-order valence-corrected chi connectivity index (χ4v) is 7.02. The molecule has 0 unspecified atom stereocenters. The molecular weight excluding hydrogens is 520 g/mol. The molecule has 182 valence electrons. The van der Waals surface area contributed by atoms with Crippen LogP contribution in [0.15, 0.2) is 76.0 Å². The maximum atomic E-state index is 12.4. The number of carbonyl (C=O) groups excluding carboxylic acids is 1. The number of nitro groups is 1. The second kappa shape index (κ2) is 10.3.